The van der Waals surface area contributed by atoms with E-state index in [0.717, 1.165) is 5.56 Å². The minimum atomic E-state index is -0.510. The normalized spacial score (nSPS) is 11.8. The third-order valence-corrected chi connectivity index (χ3v) is 5.29. The second-order valence-electron chi connectivity index (χ2n) is 6.03. The van der Waals surface area contributed by atoms with Crippen LogP contribution in [0.5, 0.6) is 0 Å². The molecule has 0 fully saturated rings. The number of anilines is 1. The van der Waals surface area contributed by atoms with E-state index in [0.29, 0.717) is 27.3 Å². The lowest BCUT2D eigenvalue weighted by molar-refractivity contribution is -0.115. The summed E-state index contributed by atoms with van der Waals surface area (Å²) < 4.78 is 1.33. The molecule has 1 aromatic heterocycles. The maximum atomic E-state index is 12.6. The first-order valence-corrected chi connectivity index (χ1v) is 9.66. The van der Waals surface area contributed by atoms with Crippen molar-refractivity contribution in [3.63, 3.8) is 0 Å². The second-order valence-corrected chi connectivity index (χ2v) is 7.78. The number of thioether (sulfide) groups is 1. The molecule has 1 atom stereocenters. The van der Waals surface area contributed by atoms with Crippen molar-refractivity contribution in [3.8, 4) is 11.4 Å². The number of carbonyl (C=O) groups is 2. The van der Waals surface area contributed by atoms with Crippen molar-refractivity contribution in [3.05, 3.63) is 59.1 Å². The lowest BCUT2D eigenvalue weighted by atomic mass is 10.1. The summed E-state index contributed by atoms with van der Waals surface area (Å²) in [5.41, 5.74) is 1.70. The molecule has 9 heteroatoms. The highest BCUT2D eigenvalue weighted by Gasteiger charge is 2.21. The van der Waals surface area contributed by atoms with Gasteiger partial charge in [-0.05, 0) is 50.2 Å². The summed E-state index contributed by atoms with van der Waals surface area (Å²) in [5, 5.41) is 11.4. The molecule has 0 spiro atoms. The standard InChI is InChI=1S/C19H18ClN5O2S/c1-11(26)15-5-3-4-6-16(15)22-18(27)12(2)28-19-24-23-17(25(19)21)13-7-9-14(20)10-8-13/h3-10,12H,21H2,1-2H3,(H,22,27). The number of benzene rings is 2. The Morgan fingerprint density at radius 1 is 1.14 bits per heavy atom. The Balaban J connectivity index is 1.73. The highest BCUT2D eigenvalue weighted by Crippen LogP contribution is 2.26. The van der Waals surface area contributed by atoms with Crippen molar-refractivity contribution >= 4 is 40.7 Å². The molecule has 3 aromatic rings. The fraction of sp³-hybridized carbons (Fsp3) is 0.158. The number of amides is 1. The summed E-state index contributed by atoms with van der Waals surface area (Å²) in [7, 11) is 0. The van der Waals surface area contributed by atoms with Crippen molar-refractivity contribution < 1.29 is 9.59 Å². The summed E-state index contributed by atoms with van der Waals surface area (Å²) in [6.07, 6.45) is 0. The van der Waals surface area contributed by atoms with Crippen molar-refractivity contribution in [2.24, 2.45) is 0 Å². The van der Waals surface area contributed by atoms with Gasteiger partial charge in [-0.3, -0.25) is 9.59 Å². The summed E-state index contributed by atoms with van der Waals surface area (Å²) >= 11 is 7.07. The third kappa shape index (κ3) is 4.35. The van der Waals surface area contributed by atoms with Gasteiger partial charge in [0.15, 0.2) is 11.6 Å². The smallest absolute Gasteiger partial charge is 0.237 e. The molecular weight excluding hydrogens is 398 g/mol. The molecule has 3 N–H and O–H groups in total. The number of ketones is 1. The van der Waals surface area contributed by atoms with Gasteiger partial charge in [0.2, 0.25) is 11.1 Å². The molecule has 28 heavy (non-hydrogen) atoms. The van der Waals surface area contributed by atoms with Crippen molar-refractivity contribution in [1.82, 2.24) is 14.9 Å². The quantitative estimate of drug-likeness (QED) is 0.362. The van der Waals surface area contributed by atoms with Crippen molar-refractivity contribution in [2.75, 3.05) is 11.2 Å². The van der Waals surface area contributed by atoms with Gasteiger partial charge in [0, 0.05) is 16.1 Å². The Hall–Kier alpha value is -2.84. The molecule has 1 amide bonds. The maximum Gasteiger partial charge on any atom is 0.237 e. The van der Waals surface area contributed by atoms with E-state index in [1.165, 1.54) is 23.4 Å². The Bertz CT molecular complexity index is 1020. The zero-order valence-corrected chi connectivity index (χ0v) is 16.8. The largest absolute Gasteiger partial charge is 0.335 e. The summed E-state index contributed by atoms with van der Waals surface area (Å²) in [6.45, 7) is 3.19. The fourth-order valence-electron chi connectivity index (χ4n) is 2.50. The number of hydrogen-bond acceptors (Lipinski definition) is 6. The Kier molecular flexibility index (Phi) is 6.01. The SMILES string of the molecule is CC(=O)c1ccccc1NC(=O)C(C)Sc1nnc(-c2ccc(Cl)cc2)n1N. The van der Waals surface area contributed by atoms with Crippen LogP contribution >= 0.6 is 23.4 Å². The molecule has 0 aliphatic carbocycles. The van der Waals surface area contributed by atoms with Crippen molar-refractivity contribution in [2.45, 2.75) is 24.3 Å². The van der Waals surface area contributed by atoms with E-state index in [9.17, 15) is 9.59 Å². The molecule has 1 heterocycles. The number of Topliss-reactive ketones (excluding diaryl/α,β-unsaturated/α-hetero) is 1. The Morgan fingerprint density at radius 2 is 1.82 bits per heavy atom. The lowest BCUT2D eigenvalue weighted by Crippen LogP contribution is -2.24. The molecule has 0 saturated carbocycles. The van der Waals surface area contributed by atoms with E-state index in [-0.39, 0.29) is 11.7 Å². The molecule has 0 aliphatic heterocycles. The summed E-state index contributed by atoms with van der Waals surface area (Å²) in [5.74, 6) is 6.18. The van der Waals surface area contributed by atoms with E-state index in [2.05, 4.69) is 15.5 Å². The minimum absolute atomic E-state index is 0.120. The van der Waals surface area contributed by atoms with E-state index in [1.807, 2.05) is 0 Å². The Morgan fingerprint density at radius 3 is 2.50 bits per heavy atom. The predicted octanol–water partition coefficient (Wildman–Crippen LogP) is 3.63. The molecule has 0 radical (unpaired) electrons. The molecule has 0 aliphatic rings. The number of rotatable bonds is 6. The molecule has 1 unspecified atom stereocenters. The van der Waals surface area contributed by atoms with Gasteiger partial charge >= 0.3 is 0 Å². The highest BCUT2D eigenvalue weighted by atomic mass is 35.5. The van der Waals surface area contributed by atoms with Gasteiger partial charge in [-0.25, -0.2) is 4.68 Å². The van der Waals surface area contributed by atoms with Gasteiger partial charge < -0.3 is 11.2 Å². The van der Waals surface area contributed by atoms with Gasteiger partial charge in [-0.15, -0.1) is 10.2 Å². The minimum Gasteiger partial charge on any atom is -0.335 e. The van der Waals surface area contributed by atoms with E-state index >= 15 is 0 Å². The number of para-hydroxylation sites is 1. The van der Waals surface area contributed by atoms with Crippen LogP contribution in [-0.2, 0) is 4.79 Å². The average Bonchev–Trinajstić information content (AvgIpc) is 3.03. The van der Waals surface area contributed by atoms with Crippen LogP contribution in [0.4, 0.5) is 5.69 Å². The second kappa shape index (κ2) is 8.45. The third-order valence-electron chi connectivity index (χ3n) is 3.98. The number of halogens is 1. The number of nitrogens with two attached hydrogens (primary N) is 1. The first-order chi connectivity index (χ1) is 13.4. The first kappa shape index (κ1) is 19.9. The van der Waals surface area contributed by atoms with Gasteiger partial charge in [0.25, 0.3) is 0 Å². The topological polar surface area (TPSA) is 103 Å². The van der Waals surface area contributed by atoms with Crippen LogP contribution in [0.2, 0.25) is 5.02 Å². The van der Waals surface area contributed by atoms with Crippen molar-refractivity contribution in [1.29, 1.82) is 0 Å². The van der Waals surface area contributed by atoms with Crippen LogP contribution in [0, 0.1) is 0 Å². The van der Waals surface area contributed by atoms with Crippen LogP contribution in [0.15, 0.2) is 53.7 Å². The monoisotopic (exact) mass is 415 g/mol. The summed E-state index contributed by atoms with van der Waals surface area (Å²) in [6, 6.07) is 13.9. The molecule has 0 saturated heterocycles. The van der Waals surface area contributed by atoms with Crippen LogP contribution in [-0.4, -0.2) is 31.8 Å². The number of aromatic nitrogens is 3. The molecule has 144 valence electrons. The van der Waals surface area contributed by atoms with E-state index in [1.54, 1.807) is 55.5 Å². The first-order valence-electron chi connectivity index (χ1n) is 8.40. The molecule has 0 bridgehead atoms. The molecule has 2 aromatic carbocycles. The number of hydrogen-bond donors (Lipinski definition) is 2. The van der Waals surface area contributed by atoms with Gasteiger partial charge in [0.1, 0.15) is 0 Å². The van der Waals surface area contributed by atoms with Gasteiger partial charge in [-0.2, -0.15) is 0 Å². The Labute approximate surface area is 171 Å². The highest BCUT2D eigenvalue weighted by molar-refractivity contribution is 8.00. The zero-order chi connectivity index (χ0) is 20.3. The van der Waals surface area contributed by atoms with E-state index < -0.39 is 5.25 Å². The van der Waals surface area contributed by atoms with Gasteiger partial charge in [0.05, 0.1) is 10.9 Å². The van der Waals surface area contributed by atoms with Gasteiger partial charge in [-0.1, -0.05) is 35.5 Å². The van der Waals surface area contributed by atoms with E-state index in [4.69, 9.17) is 17.4 Å². The number of nitrogens with zero attached hydrogens (tertiary/aromatic N) is 3. The lowest BCUT2D eigenvalue weighted by Gasteiger charge is -2.13. The maximum absolute atomic E-state index is 12.6. The van der Waals surface area contributed by atoms with Crippen LogP contribution in [0.25, 0.3) is 11.4 Å². The average molecular weight is 416 g/mol. The fourth-order valence-corrected chi connectivity index (χ4v) is 3.39. The van der Waals surface area contributed by atoms with Crippen LogP contribution in [0.1, 0.15) is 24.2 Å². The summed E-state index contributed by atoms with van der Waals surface area (Å²) in [4.78, 5) is 24.3. The number of carbonyl (C=O) groups excluding carboxylic acids is 2. The van der Waals surface area contributed by atoms with Crippen LogP contribution < -0.4 is 11.2 Å². The molecule has 3 rings (SSSR count). The molecular formula is C19H18ClN5O2S. The molecule has 7 nitrogen and oxygen atoms in total. The zero-order valence-electron chi connectivity index (χ0n) is 15.2. The number of nitrogens with one attached hydrogen (secondary N) is 1. The van der Waals surface area contributed by atoms with Crippen LogP contribution in [0.3, 0.4) is 0 Å². The number of nitrogen functional groups attached to an aromatic ring is 1. The predicted molar refractivity (Wildman–Crippen MR) is 111 cm³/mol.